The van der Waals surface area contributed by atoms with Crippen molar-refractivity contribution in [2.45, 2.75) is 31.7 Å². The standard InChI is InChI=1S/C27H23F2N3O2/c28-21-7-3-5-18(13-21)14-23-17-31-26(34-23)25-9-4-12-32(25)27(33)20-10-11-22(30-16-20)15-19-6-1-2-8-24(19)29/h1-3,5-8,10-11,13,16-17,25H,4,9,12,14-15H2/t25-/m0/s1. The smallest absolute Gasteiger partial charge is 0.256 e. The highest BCUT2D eigenvalue weighted by Crippen LogP contribution is 2.33. The molecule has 1 aliphatic rings. The number of likely N-dealkylation sites (tertiary alicyclic amines) is 1. The molecule has 0 spiro atoms. The lowest BCUT2D eigenvalue weighted by Crippen LogP contribution is -2.30. The number of oxazole rings is 1. The van der Waals surface area contributed by atoms with Gasteiger partial charge in [0.2, 0.25) is 5.89 Å². The molecule has 1 aliphatic heterocycles. The lowest BCUT2D eigenvalue weighted by molar-refractivity contribution is 0.0714. The first-order chi connectivity index (χ1) is 16.6. The van der Waals surface area contributed by atoms with Crippen LogP contribution in [-0.2, 0) is 12.8 Å². The van der Waals surface area contributed by atoms with Crippen LogP contribution in [-0.4, -0.2) is 27.3 Å². The second kappa shape index (κ2) is 9.55. The molecule has 3 heterocycles. The number of hydrogen-bond acceptors (Lipinski definition) is 4. The molecule has 0 bridgehead atoms. The highest BCUT2D eigenvalue weighted by molar-refractivity contribution is 5.94. The summed E-state index contributed by atoms with van der Waals surface area (Å²) in [5.41, 5.74) is 2.51. The predicted octanol–water partition coefficient (Wildman–Crippen LogP) is 5.51. The van der Waals surface area contributed by atoms with E-state index in [1.54, 1.807) is 53.7 Å². The van der Waals surface area contributed by atoms with E-state index in [0.717, 1.165) is 18.4 Å². The van der Waals surface area contributed by atoms with E-state index in [4.69, 9.17) is 4.42 Å². The van der Waals surface area contributed by atoms with E-state index in [9.17, 15) is 13.6 Å². The van der Waals surface area contributed by atoms with E-state index < -0.39 is 0 Å². The van der Waals surface area contributed by atoms with E-state index in [-0.39, 0.29) is 23.6 Å². The molecule has 2 aromatic carbocycles. The van der Waals surface area contributed by atoms with Gasteiger partial charge in [-0.3, -0.25) is 9.78 Å². The summed E-state index contributed by atoms with van der Waals surface area (Å²) in [7, 11) is 0. The third-order valence-corrected chi connectivity index (χ3v) is 6.04. The number of nitrogens with zero attached hydrogens (tertiary/aromatic N) is 3. The number of hydrogen-bond donors (Lipinski definition) is 0. The van der Waals surface area contributed by atoms with Gasteiger partial charge in [0.15, 0.2) is 0 Å². The second-order valence-electron chi connectivity index (χ2n) is 8.43. The summed E-state index contributed by atoms with van der Waals surface area (Å²) < 4.78 is 33.3. The monoisotopic (exact) mass is 459 g/mol. The van der Waals surface area contributed by atoms with Gasteiger partial charge >= 0.3 is 0 Å². The van der Waals surface area contributed by atoms with Gasteiger partial charge in [0.1, 0.15) is 23.4 Å². The van der Waals surface area contributed by atoms with Crippen LogP contribution in [0.5, 0.6) is 0 Å². The minimum atomic E-state index is -0.293. The normalized spacial score (nSPS) is 15.6. The van der Waals surface area contributed by atoms with Crippen LogP contribution in [0.4, 0.5) is 8.78 Å². The molecule has 4 aromatic rings. The van der Waals surface area contributed by atoms with Gasteiger partial charge in [-0.1, -0.05) is 30.3 Å². The fourth-order valence-electron chi connectivity index (χ4n) is 4.33. The van der Waals surface area contributed by atoms with Gasteiger partial charge in [-0.15, -0.1) is 0 Å². The Balaban J connectivity index is 1.28. The molecule has 1 atom stereocenters. The molecule has 1 saturated heterocycles. The lowest BCUT2D eigenvalue weighted by Gasteiger charge is -2.22. The molecular weight excluding hydrogens is 436 g/mol. The quantitative estimate of drug-likeness (QED) is 0.382. The van der Waals surface area contributed by atoms with Crippen LogP contribution in [0.2, 0.25) is 0 Å². The molecule has 0 unspecified atom stereocenters. The predicted molar refractivity (Wildman–Crippen MR) is 122 cm³/mol. The number of benzene rings is 2. The molecule has 1 fully saturated rings. The van der Waals surface area contributed by atoms with Crippen LogP contribution in [0.3, 0.4) is 0 Å². The Labute approximate surface area is 196 Å². The Morgan fingerprint density at radius 3 is 2.68 bits per heavy atom. The molecule has 2 aromatic heterocycles. The van der Waals surface area contributed by atoms with Crippen molar-refractivity contribution in [1.82, 2.24) is 14.9 Å². The van der Waals surface area contributed by atoms with Crippen molar-refractivity contribution in [3.05, 3.63) is 119 Å². The summed E-state index contributed by atoms with van der Waals surface area (Å²) in [6.07, 6.45) is 5.57. The average Bonchev–Trinajstić information content (AvgIpc) is 3.50. The van der Waals surface area contributed by atoms with E-state index in [2.05, 4.69) is 9.97 Å². The molecule has 0 radical (unpaired) electrons. The number of rotatable bonds is 6. The van der Waals surface area contributed by atoms with E-state index >= 15 is 0 Å². The van der Waals surface area contributed by atoms with Crippen LogP contribution < -0.4 is 0 Å². The number of halogens is 2. The van der Waals surface area contributed by atoms with Crippen LogP contribution in [0.1, 0.15) is 57.7 Å². The Morgan fingerprint density at radius 1 is 1.00 bits per heavy atom. The second-order valence-corrected chi connectivity index (χ2v) is 8.43. The van der Waals surface area contributed by atoms with Crippen molar-refractivity contribution in [3.8, 4) is 0 Å². The molecule has 0 N–H and O–H groups in total. The van der Waals surface area contributed by atoms with Crippen molar-refractivity contribution in [2.24, 2.45) is 0 Å². The molecule has 34 heavy (non-hydrogen) atoms. The largest absolute Gasteiger partial charge is 0.443 e. The van der Waals surface area contributed by atoms with Crippen LogP contribution in [0.25, 0.3) is 0 Å². The number of carbonyl (C=O) groups excluding carboxylic acids is 1. The highest BCUT2D eigenvalue weighted by atomic mass is 19.1. The van der Waals surface area contributed by atoms with E-state index in [0.29, 0.717) is 47.9 Å². The molecule has 5 nitrogen and oxygen atoms in total. The maximum Gasteiger partial charge on any atom is 0.256 e. The first-order valence-corrected chi connectivity index (χ1v) is 11.2. The molecule has 5 rings (SSSR count). The Kier molecular flexibility index (Phi) is 6.16. The minimum Gasteiger partial charge on any atom is -0.443 e. The fourth-order valence-corrected chi connectivity index (χ4v) is 4.33. The zero-order valence-corrected chi connectivity index (χ0v) is 18.5. The van der Waals surface area contributed by atoms with Gasteiger partial charge in [0.05, 0.1) is 11.8 Å². The summed E-state index contributed by atoms with van der Waals surface area (Å²) in [6, 6.07) is 16.2. The Morgan fingerprint density at radius 2 is 1.88 bits per heavy atom. The van der Waals surface area contributed by atoms with Crippen molar-refractivity contribution < 1.29 is 18.0 Å². The van der Waals surface area contributed by atoms with Gasteiger partial charge in [0, 0.05) is 31.3 Å². The number of amides is 1. The fraction of sp³-hybridized carbons (Fsp3) is 0.222. The zero-order valence-electron chi connectivity index (χ0n) is 18.5. The van der Waals surface area contributed by atoms with Crippen molar-refractivity contribution in [2.75, 3.05) is 6.54 Å². The van der Waals surface area contributed by atoms with E-state index in [1.807, 2.05) is 6.07 Å². The van der Waals surface area contributed by atoms with Gasteiger partial charge in [-0.25, -0.2) is 13.8 Å². The molecule has 1 amide bonds. The number of carbonyl (C=O) groups is 1. The van der Waals surface area contributed by atoms with Gasteiger partial charge in [-0.05, 0) is 54.3 Å². The van der Waals surface area contributed by atoms with Crippen LogP contribution in [0.15, 0.2) is 77.5 Å². The van der Waals surface area contributed by atoms with E-state index in [1.165, 1.54) is 18.2 Å². The van der Waals surface area contributed by atoms with Gasteiger partial charge in [-0.2, -0.15) is 0 Å². The van der Waals surface area contributed by atoms with Crippen molar-refractivity contribution in [1.29, 1.82) is 0 Å². The molecular formula is C27H23F2N3O2. The van der Waals surface area contributed by atoms with Gasteiger partial charge < -0.3 is 9.32 Å². The number of pyridine rings is 1. The van der Waals surface area contributed by atoms with Gasteiger partial charge in [0.25, 0.3) is 5.91 Å². The van der Waals surface area contributed by atoms with Crippen LogP contribution in [0, 0.1) is 11.6 Å². The third kappa shape index (κ3) is 4.73. The summed E-state index contributed by atoms with van der Waals surface area (Å²) in [4.78, 5) is 23.7. The zero-order chi connectivity index (χ0) is 23.5. The minimum absolute atomic E-state index is 0.141. The SMILES string of the molecule is O=C(c1ccc(Cc2ccccc2F)nc1)N1CCC[C@H]1c1ncc(Cc2cccc(F)c2)o1. The topological polar surface area (TPSA) is 59.2 Å². The first-order valence-electron chi connectivity index (χ1n) is 11.2. The molecule has 0 aliphatic carbocycles. The van der Waals surface area contributed by atoms with Crippen molar-refractivity contribution >= 4 is 5.91 Å². The highest BCUT2D eigenvalue weighted by Gasteiger charge is 2.34. The average molecular weight is 459 g/mol. The lowest BCUT2D eigenvalue weighted by atomic mass is 10.1. The van der Waals surface area contributed by atoms with Crippen molar-refractivity contribution in [3.63, 3.8) is 0 Å². The third-order valence-electron chi connectivity index (χ3n) is 6.04. The maximum atomic E-state index is 13.9. The first kappa shape index (κ1) is 21.9. The van der Waals surface area contributed by atoms with Crippen LogP contribution >= 0.6 is 0 Å². The summed E-state index contributed by atoms with van der Waals surface area (Å²) >= 11 is 0. The Hall–Kier alpha value is -3.87. The molecule has 7 heteroatoms. The Bertz CT molecular complexity index is 1300. The maximum absolute atomic E-state index is 13.9. The summed E-state index contributed by atoms with van der Waals surface area (Å²) in [5, 5.41) is 0. The molecule has 172 valence electrons. The number of aromatic nitrogens is 2. The molecule has 0 saturated carbocycles. The summed E-state index contributed by atoms with van der Waals surface area (Å²) in [6.45, 7) is 0.599. The summed E-state index contributed by atoms with van der Waals surface area (Å²) in [5.74, 6) is 0.406.